The van der Waals surface area contributed by atoms with Crippen molar-refractivity contribution in [3.63, 3.8) is 0 Å². The van der Waals surface area contributed by atoms with Gasteiger partial charge in [-0.15, -0.1) is 0 Å². The number of nitrogens with zero attached hydrogens (tertiary/aromatic N) is 1. The Morgan fingerprint density at radius 1 is 1.79 bits per heavy atom. The van der Waals surface area contributed by atoms with Crippen molar-refractivity contribution >= 4 is 11.9 Å². The van der Waals surface area contributed by atoms with E-state index in [1.807, 2.05) is 0 Å². The standard InChI is InChI=1S/C8H14N4O2/c1-5(2)14-8(13)10-3-6-4-11-12-7(6)9/h4-5H,3H2,1-2H3,(H,10,13)(H3,9,11,12). The Hall–Kier alpha value is -1.72. The molecule has 0 aliphatic heterocycles. The fourth-order valence-electron chi connectivity index (χ4n) is 0.885. The molecule has 6 nitrogen and oxygen atoms in total. The van der Waals surface area contributed by atoms with Crippen molar-refractivity contribution in [1.29, 1.82) is 0 Å². The molecule has 0 bridgehead atoms. The Kier molecular flexibility index (Phi) is 3.33. The van der Waals surface area contributed by atoms with Crippen LogP contribution < -0.4 is 11.1 Å². The lowest BCUT2D eigenvalue weighted by Crippen LogP contribution is -2.26. The predicted octanol–water partition coefficient (Wildman–Crippen LogP) is 0.627. The van der Waals surface area contributed by atoms with Gasteiger partial charge in [0.1, 0.15) is 5.82 Å². The number of hydrogen-bond donors (Lipinski definition) is 3. The number of alkyl carbamates (subject to hydrolysis) is 1. The van der Waals surface area contributed by atoms with Gasteiger partial charge in [-0.25, -0.2) is 4.79 Å². The number of aromatic amines is 1. The maximum Gasteiger partial charge on any atom is 0.407 e. The van der Waals surface area contributed by atoms with Crippen molar-refractivity contribution in [3.05, 3.63) is 11.8 Å². The van der Waals surface area contributed by atoms with Crippen molar-refractivity contribution in [2.24, 2.45) is 0 Å². The fraction of sp³-hybridized carbons (Fsp3) is 0.500. The van der Waals surface area contributed by atoms with Crippen LogP contribution in [0.2, 0.25) is 0 Å². The molecule has 0 unspecified atom stereocenters. The molecule has 1 rings (SSSR count). The first kappa shape index (κ1) is 10.4. The van der Waals surface area contributed by atoms with Crippen LogP contribution in [0.4, 0.5) is 10.6 Å². The monoisotopic (exact) mass is 198 g/mol. The average Bonchev–Trinajstić information content (AvgIpc) is 2.46. The van der Waals surface area contributed by atoms with Gasteiger partial charge in [0.05, 0.1) is 18.8 Å². The molecule has 0 aliphatic rings. The van der Waals surface area contributed by atoms with Gasteiger partial charge in [-0.05, 0) is 13.8 Å². The molecule has 1 heterocycles. The van der Waals surface area contributed by atoms with Gasteiger partial charge in [0, 0.05) is 5.56 Å². The highest BCUT2D eigenvalue weighted by molar-refractivity contribution is 5.67. The van der Waals surface area contributed by atoms with E-state index in [9.17, 15) is 4.79 Å². The largest absolute Gasteiger partial charge is 0.447 e. The van der Waals surface area contributed by atoms with Gasteiger partial charge in [0.2, 0.25) is 0 Å². The van der Waals surface area contributed by atoms with E-state index in [2.05, 4.69) is 15.5 Å². The van der Waals surface area contributed by atoms with E-state index in [0.717, 1.165) is 5.56 Å². The normalized spacial score (nSPS) is 10.2. The number of nitrogen functional groups attached to an aromatic ring is 1. The lowest BCUT2D eigenvalue weighted by atomic mass is 10.3. The minimum atomic E-state index is -0.458. The molecule has 0 saturated carbocycles. The second kappa shape index (κ2) is 4.50. The summed E-state index contributed by atoms with van der Waals surface area (Å²) < 4.78 is 4.87. The van der Waals surface area contributed by atoms with E-state index in [0.29, 0.717) is 12.4 Å². The van der Waals surface area contributed by atoms with Gasteiger partial charge >= 0.3 is 6.09 Å². The summed E-state index contributed by atoms with van der Waals surface area (Å²) in [5, 5.41) is 8.84. The number of nitrogens with two attached hydrogens (primary N) is 1. The highest BCUT2D eigenvalue weighted by Gasteiger charge is 2.06. The molecule has 0 atom stereocenters. The molecular weight excluding hydrogens is 184 g/mol. The Balaban J connectivity index is 2.34. The Morgan fingerprint density at radius 3 is 3.00 bits per heavy atom. The van der Waals surface area contributed by atoms with E-state index in [-0.39, 0.29) is 6.10 Å². The maximum atomic E-state index is 11.1. The first-order valence-corrected chi connectivity index (χ1v) is 4.31. The quantitative estimate of drug-likeness (QED) is 0.664. The number of rotatable bonds is 3. The lowest BCUT2D eigenvalue weighted by molar-refractivity contribution is 0.115. The van der Waals surface area contributed by atoms with Gasteiger partial charge in [0.15, 0.2) is 0 Å². The Morgan fingerprint density at radius 2 is 2.50 bits per heavy atom. The van der Waals surface area contributed by atoms with Crippen LogP contribution in [0.1, 0.15) is 19.4 Å². The smallest absolute Gasteiger partial charge is 0.407 e. The molecule has 0 radical (unpaired) electrons. The summed E-state index contributed by atoms with van der Waals surface area (Å²) in [5.41, 5.74) is 6.26. The van der Waals surface area contributed by atoms with Crippen molar-refractivity contribution in [2.75, 3.05) is 5.73 Å². The van der Waals surface area contributed by atoms with Crippen molar-refractivity contribution in [3.8, 4) is 0 Å². The number of carbonyl (C=O) groups is 1. The summed E-state index contributed by atoms with van der Waals surface area (Å²) in [6, 6.07) is 0. The van der Waals surface area contributed by atoms with Gasteiger partial charge < -0.3 is 15.8 Å². The lowest BCUT2D eigenvalue weighted by Gasteiger charge is -2.08. The zero-order valence-corrected chi connectivity index (χ0v) is 8.20. The third-order valence-electron chi connectivity index (χ3n) is 1.52. The van der Waals surface area contributed by atoms with E-state index in [1.165, 1.54) is 0 Å². The second-order valence-electron chi connectivity index (χ2n) is 3.12. The Bertz CT molecular complexity index is 308. The highest BCUT2D eigenvalue weighted by Crippen LogP contribution is 2.04. The number of aromatic nitrogens is 2. The predicted molar refractivity (Wildman–Crippen MR) is 51.5 cm³/mol. The van der Waals surface area contributed by atoms with Gasteiger partial charge in [-0.2, -0.15) is 5.10 Å². The van der Waals surface area contributed by atoms with Crippen LogP contribution in [0.15, 0.2) is 6.20 Å². The Labute approximate surface area is 81.8 Å². The average molecular weight is 198 g/mol. The zero-order valence-electron chi connectivity index (χ0n) is 8.20. The zero-order chi connectivity index (χ0) is 10.6. The number of anilines is 1. The third-order valence-corrected chi connectivity index (χ3v) is 1.52. The van der Waals surface area contributed by atoms with Crippen LogP contribution in [0.5, 0.6) is 0 Å². The van der Waals surface area contributed by atoms with Crippen LogP contribution >= 0.6 is 0 Å². The summed E-state index contributed by atoms with van der Waals surface area (Å²) in [5.74, 6) is 0.454. The molecule has 0 spiro atoms. The number of carbonyl (C=O) groups excluding carboxylic acids is 1. The molecule has 0 aromatic carbocycles. The summed E-state index contributed by atoms with van der Waals surface area (Å²) >= 11 is 0. The number of nitrogens with one attached hydrogen (secondary N) is 2. The molecule has 4 N–H and O–H groups in total. The van der Waals surface area contributed by atoms with Gasteiger partial charge in [-0.1, -0.05) is 0 Å². The molecule has 1 amide bonds. The summed E-state index contributed by atoms with van der Waals surface area (Å²) in [6.45, 7) is 3.88. The first-order chi connectivity index (χ1) is 6.59. The van der Waals surface area contributed by atoms with Crippen molar-refractivity contribution in [2.45, 2.75) is 26.5 Å². The van der Waals surface area contributed by atoms with Crippen molar-refractivity contribution < 1.29 is 9.53 Å². The third kappa shape index (κ3) is 2.96. The molecule has 78 valence electrons. The molecule has 6 heteroatoms. The molecule has 1 aromatic rings. The molecule has 14 heavy (non-hydrogen) atoms. The summed E-state index contributed by atoms with van der Waals surface area (Å²) in [6.07, 6.45) is 0.975. The molecule has 0 saturated heterocycles. The fourth-order valence-corrected chi connectivity index (χ4v) is 0.885. The van der Waals surface area contributed by atoms with Crippen LogP contribution in [0.25, 0.3) is 0 Å². The molecule has 1 aromatic heterocycles. The number of ether oxygens (including phenoxy) is 1. The molecule has 0 aliphatic carbocycles. The van der Waals surface area contributed by atoms with Crippen LogP contribution in [0, 0.1) is 0 Å². The van der Waals surface area contributed by atoms with Crippen molar-refractivity contribution in [1.82, 2.24) is 15.5 Å². The van der Waals surface area contributed by atoms with E-state index >= 15 is 0 Å². The summed E-state index contributed by atoms with van der Waals surface area (Å²) in [4.78, 5) is 11.1. The molecule has 0 fully saturated rings. The van der Waals surface area contributed by atoms with Crippen LogP contribution in [0.3, 0.4) is 0 Å². The topological polar surface area (TPSA) is 93.0 Å². The van der Waals surface area contributed by atoms with Crippen LogP contribution in [-0.4, -0.2) is 22.4 Å². The minimum Gasteiger partial charge on any atom is -0.447 e. The van der Waals surface area contributed by atoms with Gasteiger partial charge in [-0.3, -0.25) is 5.10 Å². The summed E-state index contributed by atoms with van der Waals surface area (Å²) in [7, 11) is 0. The molecular formula is C8H14N4O2. The van der Waals surface area contributed by atoms with Gasteiger partial charge in [0.25, 0.3) is 0 Å². The highest BCUT2D eigenvalue weighted by atomic mass is 16.6. The minimum absolute atomic E-state index is 0.128. The second-order valence-corrected chi connectivity index (χ2v) is 3.12. The van der Waals surface area contributed by atoms with E-state index in [1.54, 1.807) is 20.0 Å². The van der Waals surface area contributed by atoms with Crippen LogP contribution in [-0.2, 0) is 11.3 Å². The van der Waals surface area contributed by atoms with E-state index in [4.69, 9.17) is 10.5 Å². The maximum absolute atomic E-state index is 11.1. The first-order valence-electron chi connectivity index (χ1n) is 4.31. The number of amides is 1. The van der Waals surface area contributed by atoms with E-state index < -0.39 is 6.09 Å². The SMILES string of the molecule is CC(C)OC(=O)NCc1cn[nH]c1N. The number of hydrogen-bond acceptors (Lipinski definition) is 4. The number of H-pyrrole nitrogens is 1.